The van der Waals surface area contributed by atoms with Gasteiger partial charge < -0.3 is 26.0 Å². The van der Waals surface area contributed by atoms with Crippen LogP contribution in [0.25, 0.3) is 0 Å². The lowest BCUT2D eigenvalue weighted by atomic mass is 9.85. The zero-order valence-electron chi connectivity index (χ0n) is 19.8. The maximum atomic E-state index is 12.9. The number of hydrogen-bond acceptors (Lipinski definition) is 5. The van der Waals surface area contributed by atoms with Crippen LogP contribution < -0.4 is 16.0 Å². The van der Waals surface area contributed by atoms with Crippen molar-refractivity contribution in [3.8, 4) is 0 Å². The number of amides is 2. The van der Waals surface area contributed by atoms with Gasteiger partial charge in [-0.05, 0) is 49.1 Å². The molecular weight excluding hydrogens is 517 g/mol. The predicted molar refractivity (Wildman–Crippen MR) is 142 cm³/mol. The van der Waals surface area contributed by atoms with Crippen molar-refractivity contribution in [2.45, 2.75) is 44.2 Å². The quantitative estimate of drug-likeness (QED) is 0.264. The van der Waals surface area contributed by atoms with Crippen LogP contribution in [0.3, 0.4) is 0 Å². The summed E-state index contributed by atoms with van der Waals surface area (Å²) in [6, 6.07) is 10.5. The van der Waals surface area contributed by atoms with E-state index in [0.29, 0.717) is 23.6 Å². The minimum absolute atomic E-state index is 0.0273. The molecule has 2 aromatic carbocycles. The molecule has 3 aromatic rings. The summed E-state index contributed by atoms with van der Waals surface area (Å²) < 4.78 is 0. The van der Waals surface area contributed by atoms with Crippen LogP contribution >= 0.6 is 23.2 Å². The number of aromatic nitrogens is 2. The number of aromatic amines is 1. The third-order valence-electron chi connectivity index (χ3n) is 6.34. The second kappa shape index (κ2) is 12.1. The van der Waals surface area contributed by atoms with Crippen molar-refractivity contribution in [3.05, 3.63) is 76.0 Å². The van der Waals surface area contributed by atoms with E-state index in [1.54, 1.807) is 42.7 Å². The number of carboxylic acid groups (broad SMARTS) is 1. The molecule has 0 spiro atoms. The lowest BCUT2D eigenvalue weighted by molar-refractivity contribution is -0.139. The first kappa shape index (κ1) is 26.5. The minimum atomic E-state index is -1.19. The average molecular weight is 544 g/mol. The number of carbonyl (C=O) groups is 3. The van der Waals surface area contributed by atoms with Crippen LogP contribution in [-0.2, 0) is 16.0 Å². The van der Waals surface area contributed by atoms with Crippen LogP contribution in [0.4, 0.5) is 11.6 Å². The van der Waals surface area contributed by atoms with Crippen LogP contribution in [0.2, 0.25) is 10.0 Å². The number of carbonyl (C=O) groups excluding carboxylic acids is 2. The molecule has 5 N–H and O–H groups in total. The number of nitrogens with zero attached hydrogens (tertiary/aromatic N) is 1. The molecular formula is C26H27Cl2N5O4. The highest BCUT2D eigenvalue weighted by molar-refractivity contribution is 6.39. The molecule has 0 unspecified atom stereocenters. The average Bonchev–Trinajstić information content (AvgIpc) is 3.38. The highest BCUT2D eigenvalue weighted by Crippen LogP contribution is 2.28. The van der Waals surface area contributed by atoms with Gasteiger partial charge in [0.25, 0.3) is 5.91 Å². The Labute approximate surface area is 224 Å². The van der Waals surface area contributed by atoms with E-state index in [4.69, 9.17) is 23.2 Å². The van der Waals surface area contributed by atoms with Crippen LogP contribution in [0.1, 0.15) is 41.6 Å². The molecule has 1 saturated carbocycles. The van der Waals surface area contributed by atoms with E-state index in [-0.39, 0.29) is 39.9 Å². The predicted octanol–water partition coefficient (Wildman–Crippen LogP) is 4.75. The Bertz CT molecular complexity index is 1230. The molecule has 4 rings (SSSR count). The summed E-state index contributed by atoms with van der Waals surface area (Å²) in [4.78, 5) is 44.5. The van der Waals surface area contributed by atoms with Crippen LogP contribution in [0.5, 0.6) is 0 Å². The van der Waals surface area contributed by atoms with Crippen LogP contribution in [0, 0.1) is 5.92 Å². The van der Waals surface area contributed by atoms with Crippen molar-refractivity contribution in [1.29, 1.82) is 0 Å². The van der Waals surface area contributed by atoms with Gasteiger partial charge in [0.05, 0.1) is 15.6 Å². The fourth-order valence-corrected chi connectivity index (χ4v) is 5.02. The molecule has 0 bridgehead atoms. The van der Waals surface area contributed by atoms with Gasteiger partial charge in [-0.2, -0.15) is 0 Å². The number of hydrogen-bond donors (Lipinski definition) is 5. The van der Waals surface area contributed by atoms with Gasteiger partial charge in [-0.15, -0.1) is 0 Å². The fraction of sp³-hybridized carbons (Fsp3) is 0.308. The number of benzene rings is 2. The normalized spacial score (nSPS) is 18.0. The molecule has 11 heteroatoms. The monoisotopic (exact) mass is 543 g/mol. The number of carboxylic acids is 1. The largest absolute Gasteiger partial charge is 0.480 e. The van der Waals surface area contributed by atoms with Crippen molar-refractivity contribution in [2.75, 3.05) is 10.6 Å². The summed E-state index contributed by atoms with van der Waals surface area (Å²) in [5, 5.41) is 18.7. The zero-order chi connectivity index (χ0) is 26.4. The molecule has 1 aliphatic rings. The number of aliphatic carboxylic acids is 1. The summed E-state index contributed by atoms with van der Waals surface area (Å²) in [6.07, 6.45) is 6.91. The number of halogens is 2. The molecule has 0 saturated heterocycles. The van der Waals surface area contributed by atoms with E-state index in [1.165, 1.54) is 12.1 Å². The zero-order valence-corrected chi connectivity index (χ0v) is 21.4. The van der Waals surface area contributed by atoms with Crippen LogP contribution in [0.15, 0.2) is 54.9 Å². The number of nitrogens with one attached hydrogen (secondary N) is 4. The Kier molecular flexibility index (Phi) is 8.68. The van der Waals surface area contributed by atoms with E-state index in [9.17, 15) is 19.5 Å². The number of anilines is 2. The van der Waals surface area contributed by atoms with E-state index in [2.05, 4.69) is 25.9 Å². The Morgan fingerprint density at radius 1 is 1.08 bits per heavy atom. The SMILES string of the molecule is O=C(N[C@@H](Cc1ccc(NC(=O)[C@H]2CCC[C@@H](Nc3ncc[nH]3)C2)cc1)C(=O)O)c1c(Cl)cccc1Cl. The first-order valence-corrected chi connectivity index (χ1v) is 12.7. The molecule has 3 atom stereocenters. The summed E-state index contributed by atoms with van der Waals surface area (Å²) in [5.41, 5.74) is 1.32. The highest BCUT2D eigenvalue weighted by atomic mass is 35.5. The molecule has 37 heavy (non-hydrogen) atoms. The molecule has 1 aliphatic carbocycles. The Morgan fingerprint density at radius 3 is 2.46 bits per heavy atom. The first-order chi connectivity index (χ1) is 17.8. The van der Waals surface area contributed by atoms with E-state index in [0.717, 1.165) is 19.3 Å². The van der Waals surface area contributed by atoms with Crippen molar-refractivity contribution >= 4 is 52.6 Å². The van der Waals surface area contributed by atoms with Crippen LogP contribution in [-0.4, -0.2) is 44.9 Å². The fourth-order valence-electron chi connectivity index (χ4n) is 4.45. The number of imidazole rings is 1. The summed E-state index contributed by atoms with van der Waals surface area (Å²) in [6.45, 7) is 0. The van der Waals surface area contributed by atoms with Crippen molar-refractivity contribution < 1.29 is 19.5 Å². The first-order valence-electron chi connectivity index (χ1n) is 11.9. The Balaban J connectivity index is 1.33. The smallest absolute Gasteiger partial charge is 0.326 e. The molecule has 2 amide bonds. The highest BCUT2D eigenvalue weighted by Gasteiger charge is 2.28. The third kappa shape index (κ3) is 7.02. The molecule has 9 nitrogen and oxygen atoms in total. The molecule has 1 fully saturated rings. The van der Waals surface area contributed by atoms with Gasteiger partial charge in [0.15, 0.2) is 5.95 Å². The molecule has 0 aliphatic heterocycles. The standard InChI is InChI=1S/C26H27Cl2N5O4/c27-19-5-2-6-20(28)22(19)24(35)33-21(25(36)37)13-15-7-9-17(10-8-15)31-23(34)16-3-1-4-18(14-16)32-26-29-11-12-30-26/h2,5-12,16,18,21H,1,3-4,13-14H2,(H,31,34)(H,33,35)(H,36,37)(H2,29,30,32)/t16-,18+,21-/m0/s1. The second-order valence-electron chi connectivity index (χ2n) is 8.99. The van der Waals surface area contributed by atoms with Gasteiger partial charge in [-0.1, -0.05) is 47.8 Å². The maximum Gasteiger partial charge on any atom is 0.326 e. The van der Waals surface area contributed by atoms with Crippen molar-refractivity contribution in [1.82, 2.24) is 15.3 Å². The maximum absolute atomic E-state index is 12.9. The molecule has 1 aromatic heterocycles. The van der Waals surface area contributed by atoms with Crippen molar-refractivity contribution in [3.63, 3.8) is 0 Å². The van der Waals surface area contributed by atoms with Gasteiger partial charge in [0.2, 0.25) is 5.91 Å². The number of rotatable bonds is 9. The van der Waals surface area contributed by atoms with Gasteiger partial charge in [0.1, 0.15) is 6.04 Å². The lowest BCUT2D eigenvalue weighted by Gasteiger charge is -2.29. The van der Waals surface area contributed by atoms with Gasteiger partial charge in [-0.25, -0.2) is 9.78 Å². The Morgan fingerprint density at radius 2 is 1.81 bits per heavy atom. The van der Waals surface area contributed by atoms with Gasteiger partial charge >= 0.3 is 5.97 Å². The topological polar surface area (TPSA) is 136 Å². The minimum Gasteiger partial charge on any atom is -0.480 e. The Hall–Kier alpha value is -3.56. The molecule has 0 radical (unpaired) electrons. The summed E-state index contributed by atoms with van der Waals surface area (Å²) in [7, 11) is 0. The number of H-pyrrole nitrogens is 1. The van der Waals surface area contributed by atoms with Gasteiger partial charge in [0, 0.05) is 36.5 Å². The second-order valence-corrected chi connectivity index (χ2v) is 9.81. The van der Waals surface area contributed by atoms with E-state index in [1.807, 2.05) is 0 Å². The molecule has 194 valence electrons. The van der Waals surface area contributed by atoms with Crippen molar-refractivity contribution in [2.24, 2.45) is 5.92 Å². The summed E-state index contributed by atoms with van der Waals surface area (Å²) >= 11 is 12.1. The lowest BCUT2D eigenvalue weighted by Crippen LogP contribution is -2.42. The van der Waals surface area contributed by atoms with E-state index >= 15 is 0 Å². The van der Waals surface area contributed by atoms with E-state index < -0.39 is 17.9 Å². The van der Waals surface area contributed by atoms with Gasteiger partial charge in [-0.3, -0.25) is 9.59 Å². The molecule has 1 heterocycles. The summed E-state index contributed by atoms with van der Waals surface area (Å²) in [5.74, 6) is -1.33. The third-order valence-corrected chi connectivity index (χ3v) is 6.97.